The SMILES string of the molecule is COc1ccc(-c2cc3ccccc3[nH]2)c(Br)c1. The van der Waals surface area contributed by atoms with Gasteiger partial charge in [0.15, 0.2) is 0 Å². The molecule has 0 spiro atoms. The van der Waals surface area contributed by atoms with Crippen molar-refractivity contribution in [3.05, 3.63) is 53.0 Å². The lowest BCUT2D eigenvalue weighted by Crippen LogP contribution is -1.84. The highest BCUT2D eigenvalue weighted by Gasteiger charge is 2.07. The molecule has 0 amide bonds. The highest BCUT2D eigenvalue weighted by atomic mass is 79.9. The molecule has 0 atom stereocenters. The fourth-order valence-corrected chi connectivity index (χ4v) is 2.63. The average Bonchev–Trinajstić information content (AvgIpc) is 2.81. The van der Waals surface area contributed by atoms with Crippen LogP contribution in [0.25, 0.3) is 22.2 Å². The molecule has 0 aliphatic rings. The normalized spacial score (nSPS) is 10.8. The Morgan fingerprint density at radius 1 is 1.06 bits per heavy atom. The van der Waals surface area contributed by atoms with E-state index in [4.69, 9.17) is 4.74 Å². The van der Waals surface area contributed by atoms with Crippen molar-refractivity contribution >= 4 is 26.8 Å². The number of nitrogens with one attached hydrogen (secondary N) is 1. The van der Waals surface area contributed by atoms with Crippen molar-refractivity contribution in [1.82, 2.24) is 4.98 Å². The summed E-state index contributed by atoms with van der Waals surface area (Å²) in [5.41, 5.74) is 3.38. The summed E-state index contributed by atoms with van der Waals surface area (Å²) in [5.74, 6) is 0.849. The molecule has 90 valence electrons. The van der Waals surface area contributed by atoms with Gasteiger partial charge in [-0.1, -0.05) is 18.2 Å². The first-order valence-electron chi connectivity index (χ1n) is 5.69. The van der Waals surface area contributed by atoms with Crippen molar-refractivity contribution in [2.75, 3.05) is 7.11 Å². The third-order valence-electron chi connectivity index (χ3n) is 3.00. The highest BCUT2D eigenvalue weighted by Crippen LogP contribution is 2.32. The molecule has 0 unspecified atom stereocenters. The van der Waals surface area contributed by atoms with Crippen LogP contribution in [0.4, 0.5) is 0 Å². The van der Waals surface area contributed by atoms with E-state index in [1.165, 1.54) is 5.39 Å². The van der Waals surface area contributed by atoms with E-state index in [1.807, 2.05) is 30.3 Å². The molecule has 1 aromatic heterocycles. The molecule has 0 bridgehead atoms. The number of benzene rings is 2. The van der Waals surface area contributed by atoms with Crippen LogP contribution in [-0.2, 0) is 0 Å². The molecule has 3 heteroatoms. The van der Waals surface area contributed by atoms with E-state index < -0.39 is 0 Å². The Morgan fingerprint density at radius 3 is 2.61 bits per heavy atom. The van der Waals surface area contributed by atoms with Crippen LogP contribution < -0.4 is 4.74 Å². The Balaban J connectivity index is 2.14. The summed E-state index contributed by atoms with van der Waals surface area (Å²) in [6.07, 6.45) is 0. The molecule has 3 rings (SSSR count). The summed E-state index contributed by atoms with van der Waals surface area (Å²) in [5, 5.41) is 1.22. The van der Waals surface area contributed by atoms with Gasteiger partial charge in [0.05, 0.1) is 7.11 Å². The molecule has 0 aliphatic heterocycles. The van der Waals surface area contributed by atoms with Gasteiger partial charge < -0.3 is 9.72 Å². The predicted octanol–water partition coefficient (Wildman–Crippen LogP) is 4.61. The van der Waals surface area contributed by atoms with E-state index in [0.29, 0.717) is 0 Å². The van der Waals surface area contributed by atoms with Crippen molar-refractivity contribution < 1.29 is 4.74 Å². The largest absolute Gasteiger partial charge is 0.497 e. The number of aromatic nitrogens is 1. The molecule has 3 aromatic rings. The molecule has 0 radical (unpaired) electrons. The predicted molar refractivity (Wildman–Crippen MR) is 78.0 cm³/mol. The lowest BCUT2D eigenvalue weighted by Gasteiger charge is -2.05. The Bertz CT molecular complexity index is 670. The summed E-state index contributed by atoms with van der Waals surface area (Å²) in [6, 6.07) is 16.4. The number of aromatic amines is 1. The van der Waals surface area contributed by atoms with Crippen LogP contribution >= 0.6 is 15.9 Å². The van der Waals surface area contributed by atoms with Crippen molar-refractivity contribution in [2.24, 2.45) is 0 Å². The van der Waals surface area contributed by atoms with Gasteiger partial charge >= 0.3 is 0 Å². The lowest BCUT2D eigenvalue weighted by molar-refractivity contribution is 0.414. The molecule has 2 nitrogen and oxygen atoms in total. The first-order valence-corrected chi connectivity index (χ1v) is 6.49. The molecule has 1 heterocycles. The number of H-pyrrole nitrogens is 1. The molecule has 0 aliphatic carbocycles. The smallest absolute Gasteiger partial charge is 0.120 e. The van der Waals surface area contributed by atoms with Crippen molar-refractivity contribution in [3.8, 4) is 17.0 Å². The number of rotatable bonds is 2. The second-order valence-corrected chi connectivity index (χ2v) is 4.97. The Labute approximate surface area is 114 Å². The maximum Gasteiger partial charge on any atom is 0.120 e. The van der Waals surface area contributed by atoms with Gasteiger partial charge in [-0.25, -0.2) is 0 Å². The molecule has 1 N–H and O–H groups in total. The molecule has 2 aromatic carbocycles. The maximum atomic E-state index is 5.20. The molecule has 18 heavy (non-hydrogen) atoms. The number of hydrogen-bond acceptors (Lipinski definition) is 1. The number of para-hydroxylation sites is 1. The molecule has 0 saturated heterocycles. The zero-order valence-corrected chi connectivity index (χ0v) is 11.5. The number of ether oxygens (including phenoxy) is 1. The lowest BCUT2D eigenvalue weighted by atomic mass is 10.1. The van der Waals surface area contributed by atoms with Gasteiger partial charge in [0.2, 0.25) is 0 Å². The third kappa shape index (κ3) is 1.91. The molecular weight excluding hydrogens is 290 g/mol. The second-order valence-electron chi connectivity index (χ2n) is 4.12. The molecule has 0 fully saturated rings. The van der Waals surface area contributed by atoms with Crippen molar-refractivity contribution in [2.45, 2.75) is 0 Å². The van der Waals surface area contributed by atoms with E-state index in [9.17, 15) is 0 Å². The van der Waals surface area contributed by atoms with Crippen LogP contribution in [0.3, 0.4) is 0 Å². The van der Waals surface area contributed by atoms with Gasteiger partial charge in [-0.15, -0.1) is 0 Å². The van der Waals surface area contributed by atoms with Gasteiger partial charge in [0.25, 0.3) is 0 Å². The van der Waals surface area contributed by atoms with E-state index in [2.05, 4.69) is 39.1 Å². The zero-order chi connectivity index (χ0) is 12.5. The Morgan fingerprint density at radius 2 is 1.89 bits per heavy atom. The monoisotopic (exact) mass is 301 g/mol. The fraction of sp³-hybridized carbons (Fsp3) is 0.0667. The first-order chi connectivity index (χ1) is 8.78. The zero-order valence-electron chi connectivity index (χ0n) is 9.91. The summed E-state index contributed by atoms with van der Waals surface area (Å²) < 4.78 is 6.23. The topological polar surface area (TPSA) is 25.0 Å². The minimum absolute atomic E-state index is 0.849. The van der Waals surface area contributed by atoms with Gasteiger partial charge in [0, 0.05) is 26.6 Å². The number of fused-ring (bicyclic) bond motifs is 1. The minimum Gasteiger partial charge on any atom is -0.497 e. The van der Waals surface area contributed by atoms with Gasteiger partial charge in [-0.2, -0.15) is 0 Å². The number of methoxy groups -OCH3 is 1. The summed E-state index contributed by atoms with van der Waals surface area (Å²) in [4.78, 5) is 3.42. The quantitative estimate of drug-likeness (QED) is 0.735. The van der Waals surface area contributed by atoms with Crippen molar-refractivity contribution in [1.29, 1.82) is 0 Å². The third-order valence-corrected chi connectivity index (χ3v) is 3.65. The fourth-order valence-electron chi connectivity index (χ4n) is 2.06. The van der Waals surface area contributed by atoms with E-state index >= 15 is 0 Å². The van der Waals surface area contributed by atoms with Gasteiger partial charge in [-0.3, -0.25) is 0 Å². The number of halogens is 1. The summed E-state index contributed by atoms with van der Waals surface area (Å²) >= 11 is 3.58. The van der Waals surface area contributed by atoms with Gasteiger partial charge in [0.1, 0.15) is 5.75 Å². The number of hydrogen-bond donors (Lipinski definition) is 1. The standard InChI is InChI=1S/C15H12BrNO/c1-18-11-6-7-12(13(16)9-11)15-8-10-4-2-3-5-14(10)17-15/h2-9,17H,1H3. The van der Waals surface area contributed by atoms with Crippen LogP contribution in [0, 0.1) is 0 Å². The van der Waals surface area contributed by atoms with Crippen LogP contribution in [0.1, 0.15) is 0 Å². The highest BCUT2D eigenvalue weighted by molar-refractivity contribution is 9.10. The molecular formula is C15H12BrNO. The second kappa shape index (κ2) is 4.50. The first kappa shape index (κ1) is 11.4. The van der Waals surface area contributed by atoms with E-state index in [1.54, 1.807) is 7.11 Å². The molecule has 0 saturated carbocycles. The minimum atomic E-state index is 0.849. The van der Waals surface area contributed by atoms with E-state index in [-0.39, 0.29) is 0 Å². The van der Waals surface area contributed by atoms with Crippen LogP contribution in [0.5, 0.6) is 5.75 Å². The van der Waals surface area contributed by atoms with Crippen LogP contribution in [0.2, 0.25) is 0 Å². The van der Waals surface area contributed by atoms with E-state index in [0.717, 1.165) is 27.0 Å². The van der Waals surface area contributed by atoms with Crippen molar-refractivity contribution in [3.63, 3.8) is 0 Å². The van der Waals surface area contributed by atoms with Crippen LogP contribution in [0.15, 0.2) is 53.0 Å². The van der Waals surface area contributed by atoms with Gasteiger partial charge in [-0.05, 0) is 46.3 Å². The van der Waals surface area contributed by atoms with Crippen LogP contribution in [-0.4, -0.2) is 12.1 Å². The summed E-state index contributed by atoms with van der Waals surface area (Å²) in [7, 11) is 1.67. The maximum absolute atomic E-state index is 5.20. The Kier molecular flexibility index (Phi) is 2.84. The summed E-state index contributed by atoms with van der Waals surface area (Å²) in [6.45, 7) is 0. The average molecular weight is 302 g/mol. The Hall–Kier alpha value is -1.74.